The van der Waals surface area contributed by atoms with Crippen molar-refractivity contribution in [2.45, 2.75) is 13.0 Å². The molecular formula is C17H15Cl2FN3O+. The van der Waals surface area contributed by atoms with Crippen molar-refractivity contribution in [3.05, 3.63) is 63.4 Å². The Kier molecular flexibility index (Phi) is 6.16. The van der Waals surface area contributed by atoms with Gasteiger partial charge in [-0.05, 0) is 43.3 Å². The summed E-state index contributed by atoms with van der Waals surface area (Å²) in [7, 11) is 0. The molecule has 4 nitrogen and oxygen atoms in total. The minimum absolute atomic E-state index is 0.0329. The van der Waals surface area contributed by atoms with E-state index in [9.17, 15) is 9.18 Å². The third kappa shape index (κ3) is 4.68. The second-order valence-electron chi connectivity index (χ2n) is 5.25. The smallest absolute Gasteiger partial charge is 0.279 e. The monoisotopic (exact) mass is 366 g/mol. The first-order valence-electron chi connectivity index (χ1n) is 7.18. The Morgan fingerprint density at radius 3 is 2.58 bits per heavy atom. The van der Waals surface area contributed by atoms with Crippen LogP contribution in [0.3, 0.4) is 0 Å². The van der Waals surface area contributed by atoms with Gasteiger partial charge >= 0.3 is 0 Å². The van der Waals surface area contributed by atoms with Gasteiger partial charge < -0.3 is 10.6 Å². The lowest BCUT2D eigenvalue weighted by Gasteiger charge is -2.13. The number of benzene rings is 2. The second-order valence-corrected chi connectivity index (χ2v) is 6.07. The Hall–Kier alpha value is -2.13. The fourth-order valence-corrected chi connectivity index (χ4v) is 2.69. The lowest BCUT2D eigenvalue weighted by molar-refractivity contribution is -0.682. The number of hydrogen-bond acceptors (Lipinski definition) is 2. The molecule has 7 heteroatoms. The number of nitrogens with one attached hydrogen (secondary N) is 1. The molecule has 0 bridgehead atoms. The Labute approximate surface area is 149 Å². The summed E-state index contributed by atoms with van der Waals surface area (Å²) in [5.41, 5.74) is 1.70. The van der Waals surface area contributed by atoms with E-state index in [4.69, 9.17) is 28.5 Å². The number of carbonyl (C=O) groups excluding carboxylic acids is 1. The van der Waals surface area contributed by atoms with Crippen molar-refractivity contribution in [2.24, 2.45) is 0 Å². The maximum absolute atomic E-state index is 13.6. The van der Waals surface area contributed by atoms with Gasteiger partial charge in [0.05, 0.1) is 21.7 Å². The van der Waals surface area contributed by atoms with Crippen LogP contribution in [-0.2, 0) is 4.79 Å². The number of carbonyl (C=O) groups is 1. The van der Waals surface area contributed by atoms with E-state index in [1.807, 2.05) is 13.0 Å². The quantitative estimate of drug-likeness (QED) is 0.797. The molecule has 0 heterocycles. The molecule has 0 fully saturated rings. The Bertz CT molecular complexity index is 788. The first-order chi connectivity index (χ1) is 11.4. The number of nitrogens with two attached hydrogens (primary N) is 1. The zero-order valence-electron chi connectivity index (χ0n) is 12.8. The number of anilines is 1. The van der Waals surface area contributed by atoms with Crippen LogP contribution >= 0.6 is 23.2 Å². The zero-order chi connectivity index (χ0) is 17.7. The molecule has 0 aliphatic rings. The molecule has 0 spiro atoms. The van der Waals surface area contributed by atoms with Gasteiger partial charge in [-0.15, -0.1) is 0 Å². The average Bonchev–Trinajstić information content (AvgIpc) is 2.56. The molecule has 0 aliphatic carbocycles. The molecule has 2 rings (SSSR count). The largest absolute Gasteiger partial charge is 0.332 e. The highest BCUT2D eigenvalue weighted by molar-refractivity contribution is 6.35. The molecule has 0 saturated heterocycles. The van der Waals surface area contributed by atoms with Gasteiger partial charge in [-0.2, -0.15) is 5.26 Å². The molecule has 1 atom stereocenters. The highest BCUT2D eigenvalue weighted by Gasteiger charge is 2.17. The van der Waals surface area contributed by atoms with E-state index in [-0.39, 0.29) is 23.5 Å². The van der Waals surface area contributed by atoms with Crippen LogP contribution in [-0.4, -0.2) is 12.5 Å². The van der Waals surface area contributed by atoms with Crippen molar-refractivity contribution >= 4 is 34.8 Å². The summed E-state index contributed by atoms with van der Waals surface area (Å²) in [6, 6.07) is 11.0. The fraction of sp³-hybridized carbons (Fsp3) is 0.176. The molecule has 1 amide bonds. The number of rotatable bonds is 5. The molecule has 2 aromatic carbocycles. The number of nitriles is 1. The highest BCUT2D eigenvalue weighted by atomic mass is 35.5. The Morgan fingerprint density at radius 2 is 1.96 bits per heavy atom. The first-order valence-corrected chi connectivity index (χ1v) is 7.94. The third-order valence-electron chi connectivity index (χ3n) is 3.48. The molecule has 3 N–H and O–H groups in total. The van der Waals surface area contributed by atoms with Gasteiger partial charge in [0, 0.05) is 11.3 Å². The summed E-state index contributed by atoms with van der Waals surface area (Å²) in [5.74, 6) is -0.754. The van der Waals surface area contributed by atoms with Crippen LogP contribution in [0.25, 0.3) is 0 Å². The summed E-state index contributed by atoms with van der Waals surface area (Å²) in [6.45, 7) is 1.96. The van der Waals surface area contributed by atoms with Gasteiger partial charge in [0.15, 0.2) is 6.54 Å². The Balaban J connectivity index is 1.93. The van der Waals surface area contributed by atoms with Crippen molar-refractivity contribution in [2.75, 3.05) is 11.9 Å². The fourth-order valence-electron chi connectivity index (χ4n) is 2.14. The van der Waals surface area contributed by atoms with Gasteiger partial charge in [0.2, 0.25) is 0 Å². The van der Waals surface area contributed by atoms with Gasteiger partial charge in [-0.25, -0.2) is 4.39 Å². The maximum Gasteiger partial charge on any atom is 0.279 e. The molecule has 124 valence electrons. The van der Waals surface area contributed by atoms with E-state index in [0.29, 0.717) is 21.8 Å². The van der Waals surface area contributed by atoms with Crippen LogP contribution in [0.1, 0.15) is 24.1 Å². The van der Waals surface area contributed by atoms with E-state index in [2.05, 4.69) is 5.32 Å². The van der Waals surface area contributed by atoms with E-state index < -0.39 is 5.82 Å². The van der Waals surface area contributed by atoms with Crippen molar-refractivity contribution in [3.8, 4) is 6.07 Å². The number of hydrogen-bond donors (Lipinski definition) is 2. The predicted molar refractivity (Wildman–Crippen MR) is 91.4 cm³/mol. The summed E-state index contributed by atoms with van der Waals surface area (Å²) in [4.78, 5) is 12.0. The molecular weight excluding hydrogens is 352 g/mol. The normalized spacial score (nSPS) is 11.6. The van der Waals surface area contributed by atoms with Crippen LogP contribution in [0.2, 0.25) is 10.0 Å². The Morgan fingerprint density at radius 1 is 1.29 bits per heavy atom. The van der Waals surface area contributed by atoms with Crippen molar-refractivity contribution in [3.63, 3.8) is 0 Å². The summed E-state index contributed by atoms with van der Waals surface area (Å²) < 4.78 is 13.6. The summed E-state index contributed by atoms with van der Waals surface area (Å²) in [6.07, 6.45) is 0. The molecule has 0 radical (unpaired) electrons. The average molecular weight is 367 g/mol. The molecule has 0 saturated carbocycles. The van der Waals surface area contributed by atoms with Gasteiger partial charge in [-0.3, -0.25) is 4.79 Å². The molecule has 2 aromatic rings. The number of halogens is 3. The van der Waals surface area contributed by atoms with Gasteiger partial charge in [-0.1, -0.05) is 23.2 Å². The summed E-state index contributed by atoms with van der Waals surface area (Å²) in [5, 5.41) is 13.5. The molecule has 0 aromatic heterocycles. The van der Waals surface area contributed by atoms with Gasteiger partial charge in [0.25, 0.3) is 5.91 Å². The summed E-state index contributed by atoms with van der Waals surface area (Å²) >= 11 is 11.7. The highest BCUT2D eigenvalue weighted by Crippen LogP contribution is 2.27. The number of amides is 1. The first kappa shape index (κ1) is 18.2. The van der Waals surface area contributed by atoms with Crippen LogP contribution in [0, 0.1) is 17.1 Å². The second kappa shape index (κ2) is 8.11. The van der Waals surface area contributed by atoms with Crippen molar-refractivity contribution in [1.29, 1.82) is 5.26 Å². The number of nitrogens with zero attached hydrogens (tertiary/aromatic N) is 1. The lowest BCUT2D eigenvalue weighted by Crippen LogP contribution is -2.86. The third-order valence-corrected chi connectivity index (χ3v) is 4.10. The van der Waals surface area contributed by atoms with Crippen LogP contribution in [0.4, 0.5) is 10.1 Å². The molecule has 0 aliphatic heterocycles. The van der Waals surface area contributed by atoms with E-state index in [1.165, 1.54) is 12.1 Å². The predicted octanol–water partition coefficient (Wildman–Crippen LogP) is 3.27. The minimum Gasteiger partial charge on any atom is -0.332 e. The van der Waals surface area contributed by atoms with Gasteiger partial charge in [0.1, 0.15) is 11.9 Å². The maximum atomic E-state index is 13.6. The SMILES string of the molecule is C[C@@H]([NH2+]CC(=O)Nc1ccc(C#N)cc1)c1cc(F)c(Cl)cc1Cl. The van der Waals surface area contributed by atoms with Crippen LogP contribution < -0.4 is 10.6 Å². The topological polar surface area (TPSA) is 69.5 Å². The minimum atomic E-state index is -0.543. The molecule has 0 unspecified atom stereocenters. The van der Waals surface area contributed by atoms with Crippen molar-refractivity contribution in [1.82, 2.24) is 0 Å². The number of quaternary nitrogens is 1. The molecule has 24 heavy (non-hydrogen) atoms. The van der Waals surface area contributed by atoms with E-state index in [0.717, 1.165) is 0 Å². The van der Waals surface area contributed by atoms with Crippen LogP contribution in [0.5, 0.6) is 0 Å². The zero-order valence-corrected chi connectivity index (χ0v) is 14.3. The van der Waals surface area contributed by atoms with E-state index in [1.54, 1.807) is 29.6 Å². The van der Waals surface area contributed by atoms with E-state index >= 15 is 0 Å². The standard InChI is InChI=1S/C17H14Cl2FN3O/c1-10(13-6-16(20)15(19)7-14(13)18)22-9-17(24)23-12-4-2-11(8-21)3-5-12/h2-7,10,22H,9H2,1H3,(H,23,24)/p+1/t10-/m1/s1. The lowest BCUT2D eigenvalue weighted by atomic mass is 10.1. The van der Waals surface area contributed by atoms with Crippen LogP contribution in [0.15, 0.2) is 36.4 Å². The van der Waals surface area contributed by atoms with Crippen molar-refractivity contribution < 1.29 is 14.5 Å².